The van der Waals surface area contributed by atoms with Crippen molar-refractivity contribution in [2.24, 2.45) is 7.05 Å². The van der Waals surface area contributed by atoms with Crippen molar-refractivity contribution in [1.82, 2.24) is 24.8 Å². The number of urea groups is 1. The number of nitrogens with zero attached hydrogens (tertiary/aromatic N) is 5. The number of rotatable bonds is 9. The second kappa shape index (κ2) is 15.4. The molecule has 2 aliphatic heterocycles. The molecule has 1 saturated carbocycles. The lowest BCUT2D eigenvalue weighted by molar-refractivity contribution is -0.120. The number of anilines is 2. The van der Waals surface area contributed by atoms with E-state index >= 15 is 8.78 Å². The van der Waals surface area contributed by atoms with Gasteiger partial charge in [-0.3, -0.25) is 19.8 Å². The van der Waals surface area contributed by atoms with Crippen LogP contribution in [-0.2, 0) is 22.2 Å². The van der Waals surface area contributed by atoms with Crippen LogP contribution in [0.15, 0.2) is 77.9 Å². The Morgan fingerprint density at radius 2 is 1.74 bits per heavy atom. The van der Waals surface area contributed by atoms with E-state index in [2.05, 4.69) is 22.1 Å². The molecular formula is C45H41F2N7O7. The summed E-state index contributed by atoms with van der Waals surface area (Å²) >= 11 is 0. The van der Waals surface area contributed by atoms with E-state index in [1.807, 2.05) is 23.1 Å². The van der Waals surface area contributed by atoms with Crippen LogP contribution in [0, 0.1) is 23.5 Å². The molecule has 2 saturated heterocycles. The van der Waals surface area contributed by atoms with Crippen molar-refractivity contribution in [3.8, 4) is 28.7 Å². The number of hydrogen-bond acceptors (Lipinski definition) is 10. The molecule has 0 spiro atoms. The number of amides is 3. The first kappa shape index (κ1) is 39.8. The lowest BCUT2D eigenvalue weighted by Gasteiger charge is -2.37. The Morgan fingerprint density at radius 1 is 0.967 bits per heavy atom. The Labute approximate surface area is 347 Å². The number of hydrogen-bond donors (Lipinski definition) is 4. The molecule has 1 atom stereocenters. The van der Waals surface area contributed by atoms with Gasteiger partial charge < -0.3 is 34.1 Å². The highest BCUT2D eigenvalue weighted by molar-refractivity contribution is 6.06. The normalized spacial score (nSPS) is 17.5. The van der Waals surface area contributed by atoms with Crippen molar-refractivity contribution in [2.45, 2.75) is 49.4 Å². The van der Waals surface area contributed by atoms with E-state index in [0.29, 0.717) is 57.2 Å². The van der Waals surface area contributed by atoms with Gasteiger partial charge in [-0.1, -0.05) is 17.9 Å². The van der Waals surface area contributed by atoms with Crippen molar-refractivity contribution in [1.29, 1.82) is 0 Å². The number of aromatic amines is 1. The Bertz CT molecular complexity index is 2850. The maximum Gasteiger partial charge on any atom is 0.328 e. The number of nitrogens with one attached hydrogen (secondary N) is 2. The van der Waals surface area contributed by atoms with E-state index in [9.17, 15) is 24.6 Å². The van der Waals surface area contributed by atoms with Crippen LogP contribution in [0.4, 0.5) is 25.2 Å². The first-order chi connectivity index (χ1) is 29.4. The lowest BCUT2D eigenvalue weighted by atomic mass is 9.87. The smallest absolute Gasteiger partial charge is 0.328 e. The summed E-state index contributed by atoms with van der Waals surface area (Å²) in [7, 11) is 3.14. The fraction of sp³-hybridized carbons (Fsp3) is 0.311. The van der Waals surface area contributed by atoms with Gasteiger partial charge in [0.25, 0.3) is 5.56 Å². The zero-order valence-electron chi connectivity index (χ0n) is 33.3. The summed E-state index contributed by atoms with van der Waals surface area (Å²) in [6, 6.07) is 14.9. The van der Waals surface area contributed by atoms with Gasteiger partial charge in [0, 0.05) is 86.3 Å². The topological polar surface area (TPSA) is 175 Å². The number of ether oxygens (including phenoxy) is 2. The van der Waals surface area contributed by atoms with E-state index < -0.39 is 35.5 Å². The number of benzene rings is 3. The van der Waals surface area contributed by atoms with Crippen LogP contribution in [0.5, 0.6) is 5.75 Å². The Morgan fingerprint density at radius 3 is 2.44 bits per heavy atom. The summed E-state index contributed by atoms with van der Waals surface area (Å²) in [4.78, 5) is 53.6. The predicted molar refractivity (Wildman–Crippen MR) is 222 cm³/mol. The SMILES string of the molecule is COc1ccc(C#CC2(O)CCN(c3nc(C(CO)(OC4CC4)c4cc(F)cc(F)c4)c4cc(-c5cn(C)c(=O)c6[nH]ccc56)ccc4n3)CC2)cc1N1CCC(=O)NC1=O. The molecule has 3 fully saturated rings. The summed E-state index contributed by atoms with van der Waals surface area (Å²) in [5.41, 5.74) is 0.144. The number of halogens is 2. The maximum atomic E-state index is 15.0. The molecule has 3 aliphatic rings. The predicted octanol–water partition coefficient (Wildman–Crippen LogP) is 5.01. The van der Waals surface area contributed by atoms with Crippen LogP contribution in [0.2, 0.25) is 0 Å². The minimum absolute atomic E-state index is 0.0465. The molecule has 1 aliphatic carbocycles. The van der Waals surface area contributed by atoms with E-state index in [4.69, 9.17) is 19.4 Å². The van der Waals surface area contributed by atoms with Gasteiger partial charge in [0.05, 0.1) is 36.7 Å². The highest BCUT2D eigenvalue weighted by Crippen LogP contribution is 2.44. The lowest BCUT2D eigenvalue weighted by Crippen LogP contribution is -2.49. The molecule has 5 heterocycles. The van der Waals surface area contributed by atoms with Crippen molar-refractivity contribution in [2.75, 3.05) is 43.2 Å². The summed E-state index contributed by atoms with van der Waals surface area (Å²) in [6.45, 7) is 0.0253. The van der Waals surface area contributed by atoms with Crippen LogP contribution < -0.4 is 25.4 Å². The number of piperidine rings is 1. The molecule has 312 valence electrons. The number of aliphatic hydroxyl groups excluding tert-OH is 1. The third kappa shape index (κ3) is 7.45. The van der Waals surface area contributed by atoms with Crippen LogP contribution in [0.3, 0.4) is 0 Å². The Balaban J connectivity index is 1.09. The van der Waals surface area contributed by atoms with Crippen LogP contribution in [0.1, 0.15) is 48.9 Å². The second-order valence-electron chi connectivity index (χ2n) is 15.7. The molecule has 16 heteroatoms. The fourth-order valence-corrected chi connectivity index (χ4v) is 8.12. The molecule has 3 aromatic carbocycles. The average Bonchev–Trinajstić information content (AvgIpc) is 3.93. The molecule has 14 nitrogen and oxygen atoms in total. The quantitative estimate of drug-likeness (QED) is 0.145. The van der Waals surface area contributed by atoms with Gasteiger partial charge >= 0.3 is 6.03 Å². The number of imide groups is 1. The molecule has 9 rings (SSSR count). The van der Waals surface area contributed by atoms with E-state index in [1.54, 1.807) is 43.7 Å². The second-order valence-corrected chi connectivity index (χ2v) is 15.7. The van der Waals surface area contributed by atoms with Crippen molar-refractivity contribution in [3.05, 3.63) is 112 Å². The third-order valence-electron chi connectivity index (χ3n) is 11.6. The standard InChI is InChI=1S/C45H41F2N7O7/c1-52-24-34(32-10-15-48-39(32)41(52)57)27-4-7-35-33(20-27)40(45(25-55,61-31-5-6-31)28-21-29(46)23-30(47)22-28)51-42(49-35)53-17-13-44(59,14-18-53)12-9-26-3-8-37(60-2)36(19-26)54-16-11-38(56)50-43(54)58/h3-4,7-8,10,15,19-24,31,48,55,59H,5-6,11,13-14,16-18,25H2,1-2H3,(H,50,56,58). The molecule has 1 unspecified atom stereocenters. The number of aliphatic hydroxyl groups is 2. The summed E-state index contributed by atoms with van der Waals surface area (Å²) < 4.78 is 43.6. The molecule has 61 heavy (non-hydrogen) atoms. The number of aromatic nitrogens is 4. The van der Waals surface area contributed by atoms with Crippen LogP contribution >= 0.6 is 0 Å². The molecule has 0 bridgehead atoms. The number of carbonyl (C=O) groups is 2. The molecule has 3 aromatic heterocycles. The number of pyridine rings is 1. The van der Waals surface area contributed by atoms with Gasteiger partial charge in [-0.2, -0.15) is 0 Å². The zero-order valence-corrected chi connectivity index (χ0v) is 33.3. The third-order valence-corrected chi connectivity index (χ3v) is 11.6. The highest BCUT2D eigenvalue weighted by Gasteiger charge is 2.45. The minimum Gasteiger partial charge on any atom is -0.495 e. The number of H-pyrrole nitrogens is 1. The van der Waals surface area contributed by atoms with Crippen LogP contribution in [0.25, 0.3) is 32.9 Å². The van der Waals surface area contributed by atoms with Crippen molar-refractivity contribution in [3.63, 3.8) is 0 Å². The fourth-order valence-electron chi connectivity index (χ4n) is 8.12. The first-order valence-electron chi connectivity index (χ1n) is 19.9. The monoisotopic (exact) mass is 829 g/mol. The van der Waals surface area contributed by atoms with Gasteiger partial charge in [0.1, 0.15) is 28.5 Å². The van der Waals surface area contributed by atoms with Gasteiger partial charge in [-0.05, 0) is 72.5 Å². The minimum atomic E-state index is -1.81. The number of methoxy groups -OCH3 is 1. The number of fused-ring (bicyclic) bond motifs is 2. The van der Waals surface area contributed by atoms with Gasteiger partial charge in [0.15, 0.2) is 5.60 Å². The highest BCUT2D eigenvalue weighted by atomic mass is 19.1. The largest absolute Gasteiger partial charge is 0.495 e. The average molecular weight is 830 g/mol. The van der Waals surface area contributed by atoms with E-state index in [0.717, 1.165) is 23.8 Å². The van der Waals surface area contributed by atoms with Gasteiger partial charge in [-0.15, -0.1) is 0 Å². The first-order valence-corrected chi connectivity index (χ1v) is 19.9. The number of aryl methyl sites for hydroxylation is 1. The zero-order chi connectivity index (χ0) is 42.6. The maximum absolute atomic E-state index is 15.0. The summed E-state index contributed by atoms with van der Waals surface area (Å²) in [5, 5.41) is 26.5. The van der Waals surface area contributed by atoms with Crippen LogP contribution in [-0.4, -0.2) is 86.7 Å². The molecule has 0 radical (unpaired) electrons. The number of carbonyl (C=O) groups excluding carboxylic acids is 2. The molecule has 3 amide bonds. The van der Waals surface area contributed by atoms with Crippen molar-refractivity contribution < 1.29 is 38.1 Å². The summed E-state index contributed by atoms with van der Waals surface area (Å²) in [5.74, 6) is 4.71. The Hall–Kier alpha value is -6.67. The molecular weight excluding hydrogens is 789 g/mol. The molecule has 6 aromatic rings. The summed E-state index contributed by atoms with van der Waals surface area (Å²) in [6.07, 6.45) is 5.03. The van der Waals surface area contributed by atoms with E-state index in [1.165, 1.54) is 16.6 Å². The Kier molecular flexibility index (Phi) is 10.1. The van der Waals surface area contributed by atoms with Gasteiger partial charge in [-0.25, -0.2) is 23.5 Å². The van der Waals surface area contributed by atoms with Gasteiger partial charge in [0.2, 0.25) is 11.9 Å². The molecule has 4 N–H and O–H groups in total. The van der Waals surface area contributed by atoms with Crippen molar-refractivity contribution >= 4 is 45.4 Å². The van der Waals surface area contributed by atoms with E-state index in [-0.39, 0.29) is 73.7 Å².